The molecule has 0 spiro atoms. The molecule has 0 heterocycles. The van der Waals surface area contributed by atoms with Crippen LogP contribution in [0.25, 0.3) is 10.8 Å². The van der Waals surface area contributed by atoms with Gasteiger partial charge in [-0.2, -0.15) is 11.8 Å². The number of rotatable bonds is 5. The minimum atomic E-state index is 0.566. The molecule has 0 radical (unpaired) electrons. The summed E-state index contributed by atoms with van der Waals surface area (Å²) in [5, 5.41) is 6.18. The van der Waals surface area contributed by atoms with E-state index >= 15 is 0 Å². The van der Waals surface area contributed by atoms with E-state index in [1.165, 1.54) is 16.3 Å². The van der Waals surface area contributed by atoms with E-state index in [1.54, 1.807) is 0 Å². The molecule has 2 aromatic carbocycles. The molecule has 0 aliphatic heterocycles. The Morgan fingerprint density at radius 1 is 1.12 bits per heavy atom. The number of hydrogen-bond donors (Lipinski definition) is 1. The van der Waals surface area contributed by atoms with E-state index in [0.29, 0.717) is 6.04 Å². The highest BCUT2D eigenvalue weighted by atomic mass is 32.2. The van der Waals surface area contributed by atoms with E-state index in [-0.39, 0.29) is 0 Å². The zero-order valence-electron chi connectivity index (χ0n) is 10.4. The smallest absolute Gasteiger partial charge is 0.0208 e. The highest BCUT2D eigenvalue weighted by molar-refractivity contribution is 7.98. The van der Waals surface area contributed by atoms with Crippen LogP contribution in [0.4, 0.5) is 0 Å². The van der Waals surface area contributed by atoms with Crippen LogP contribution in [0, 0.1) is 0 Å². The predicted molar refractivity (Wildman–Crippen MR) is 78.6 cm³/mol. The molecule has 0 bridgehead atoms. The van der Waals surface area contributed by atoms with Crippen molar-refractivity contribution >= 4 is 22.5 Å². The Labute approximate surface area is 108 Å². The number of thioether (sulfide) groups is 1. The number of fused-ring (bicyclic) bond motifs is 1. The van der Waals surface area contributed by atoms with Gasteiger partial charge in [0.25, 0.3) is 0 Å². The van der Waals surface area contributed by atoms with Crippen LogP contribution in [0.5, 0.6) is 0 Å². The van der Waals surface area contributed by atoms with Crippen LogP contribution in [0.1, 0.15) is 12.5 Å². The Morgan fingerprint density at radius 2 is 1.88 bits per heavy atom. The molecular weight excluding hydrogens is 226 g/mol. The highest BCUT2D eigenvalue weighted by Crippen LogP contribution is 2.15. The molecule has 0 saturated heterocycles. The van der Waals surface area contributed by atoms with Gasteiger partial charge in [-0.15, -0.1) is 0 Å². The molecule has 0 aliphatic carbocycles. The monoisotopic (exact) mass is 245 g/mol. The molecule has 2 aromatic rings. The summed E-state index contributed by atoms with van der Waals surface area (Å²) in [6, 6.07) is 15.8. The van der Waals surface area contributed by atoms with Gasteiger partial charge in [-0.25, -0.2) is 0 Å². The van der Waals surface area contributed by atoms with Gasteiger partial charge in [0.15, 0.2) is 0 Å². The minimum absolute atomic E-state index is 0.566. The quantitative estimate of drug-likeness (QED) is 0.862. The Hall–Kier alpha value is -0.990. The minimum Gasteiger partial charge on any atom is -0.309 e. The molecule has 2 rings (SSSR count). The van der Waals surface area contributed by atoms with Crippen LogP contribution in [0.2, 0.25) is 0 Å². The van der Waals surface area contributed by atoms with E-state index < -0.39 is 0 Å². The molecule has 1 N–H and O–H groups in total. The Kier molecular flexibility index (Phi) is 4.46. The second kappa shape index (κ2) is 6.08. The third-order valence-electron chi connectivity index (χ3n) is 2.89. The van der Waals surface area contributed by atoms with Crippen molar-refractivity contribution in [1.29, 1.82) is 0 Å². The average molecular weight is 245 g/mol. The lowest BCUT2D eigenvalue weighted by Crippen LogP contribution is -2.27. The summed E-state index contributed by atoms with van der Waals surface area (Å²) in [5.41, 5.74) is 1.36. The van der Waals surface area contributed by atoms with E-state index in [9.17, 15) is 0 Å². The van der Waals surface area contributed by atoms with Gasteiger partial charge in [0.1, 0.15) is 0 Å². The zero-order valence-corrected chi connectivity index (χ0v) is 11.3. The third kappa shape index (κ3) is 3.48. The van der Waals surface area contributed by atoms with Crippen LogP contribution in [0.3, 0.4) is 0 Å². The lowest BCUT2D eigenvalue weighted by atomic mass is 10.1. The van der Waals surface area contributed by atoms with Crippen LogP contribution in [-0.2, 0) is 6.54 Å². The van der Waals surface area contributed by atoms with Crippen molar-refractivity contribution < 1.29 is 0 Å². The first-order valence-corrected chi connectivity index (χ1v) is 7.39. The molecular formula is C15H19NS. The fourth-order valence-electron chi connectivity index (χ4n) is 1.95. The first kappa shape index (κ1) is 12.5. The maximum absolute atomic E-state index is 3.54. The van der Waals surface area contributed by atoms with Gasteiger partial charge >= 0.3 is 0 Å². The first-order chi connectivity index (χ1) is 8.29. The van der Waals surface area contributed by atoms with Crippen molar-refractivity contribution in [3.8, 4) is 0 Å². The molecule has 0 aliphatic rings. The largest absolute Gasteiger partial charge is 0.309 e. The second-order valence-electron chi connectivity index (χ2n) is 4.42. The zero-order chi connectivity index (χ0) is 12.1. The Morgan fingerprint density at radius 3 is 2.65 bits per heavy atom. The van der Waals surface area contributed by atoms with Gasteiger partial charge in [0, 0.05) is 18.3 Å². The molecule has 1 atom stereocenters. The highest BCUT2D eigenvalue weighted by Gasteiger charge is 2.01. The van der Waals surface area contributed by atoms with E-state index in [4.69, 9.17) is 0 Å². The standard InChI is InChI=1S/C15H19NS/c1-12(11-17-2)16-10-13-7-8-14-5-3-4-6-15(14)9-13/h3-9,12,16H,10-11H2,1-2H3. The molecule has 0 fully saturated rings. The van der Waals surface area contributed by atoms with Gasteiger partial charge in [0.2, 0.25) is 0 Å². The van der Waals surface area contributed by atoms with Crippen molar-refractivity contribution in [3.05, 3.63) is 48.0 Å². The van der Waals surface area contributed by atoms with Gasteiger partial charge in [-0.3, -0.25) is 0 Å². The van der Waals surface area contributed by atoms with Crippen LogP contribution >= 0.6 is 11.8 Å². The van der Waals surface area contributed by atoms with Gasteiger partial charge < -0.3 is 5.32 Å². The lowest BCUT2D eigenvalue weighted by molar-refractivity contribution is 0.596. The average Bonchev–Trinajstić information content (AvgIpc) is 2.36. The van der Waals surface area contributed by atoms with Crippen LogP contribution in [-0.4, -0.2) is 18.1 Å². The van der Waals surface area contributed by atoms with Crippen molar-refractivity contribution in [1.82, 2.24) is 5.32 Å². The molecule has 0 saturated carbocycles. The van der Waals surface area contributed by atoms with Crippen molar-refractivity contribution in [2.45, 2.75) is 19.5 Å². The van der Waals surface area contributed by atoms with Crippen LogP contribution in [0.15, 0.2) is 42.5 Å². The summed E-state index contributed by atoms with van der Waals surface area (Å²) in [6.07, 6.45) is 2.15. The van der Waals surface area contributed by atoms with Gasteiger partial charge in [-0.1, -0.05) is 36.4 Å². The maximum Gasteiger partial charge on any atom is 0.0208 e. The fraction of sp³-hybridized carbons (Fsp3) is 0.333. The number of hydrogen-bond acceptors (Lipinski definition) is 2. The summed E-state index contributed by atoms with van der Waals surface area (Å²) in [4.78, 5) is 0. The molecule has 1 unspecified atom stereocenters. The summed E-state index contributed by atoms with van der Waals surface area (Å²) < 4.78 is 0. The lowest BCUT2D eigenvalue weighted by Gasteiger charge is -2.12. The van der Waals surface area contributed by atoms with Crippen LogP contribution < -0.4 is 5.32 Å². The summed E-state index contributed by atoms with van der Waals surface area (Å²) in [5.74, 6) is 1.16. The molecule has 2 heteroatoms. The number of nitrogens with one attached hydrogen (secondary N) is 1. The SMILES string of the molecule is CSCC(C)NCc1ccc2ccccc2c1. The Balaban J connectivity index is 2.04. The van der Waals surface area contributed by atoms with E-state index in [2.05, 4.69) is 61.0 Å². The van der Waals surface area contributed by atoms with Crippen molar-refractivity contribution in [3.63, 3.8) is 0 Å². The van der Waals surface area contributed by atoms with Crippen molar-refractivity contribution in [2.75, 3.05) is 12.0 Å². The molecule has 0 amide bonds. The summed E-state index contributed by atoms with van der Waals surface area (Å²) >= 11 is 1.88. The topological polar surface area (TPSA) is 12.0 Å². The maximum atomic E-state index is 3.54. The van der Waals surface area contributed by atoms with Gasteiger partial charge in [-0.05, 0) is 35.6 Å². The van der Waals surface area contributed by atoms with E-state index in [1.807, 2.05) is 11.8 Å². The third-order valence-corrected chi connectivity index (χ3v) is 3.72. The fourth-order valence-corrected chi connectivity index (χ4v) is 2.57. The molecule has 1 nitrogen and oxygen atoms in total. The van der Waals surface area contributed by atoms with Crippen molar-refractivity contribution in [2.24, 2.45) is 0 Å². The van der Waals surface area contributed by atoms with E-state index in [0.717, 1.165) is 12.3 Å². The Bertz CT molecular complexity index is 481. The molecule has 90 valence electrons. The molecule has 0 aromatic heterocycles. The number of benzene rings is 2. The second-order valence-corrected chi connectivity index (χ2v) is 5.33. The first-order valence-electron chi connectivity index (χ1n) is 5.99. The summed E-state index contributed by atoms with van der Waals surface area (Å²) in [7, 11) is 0. The molecule has 17 heavy (non-hydrogen) atoms. The normalized spacial score (nSPS) is 12.8. The van der Waals surface area contributed by atoms with Gasteiger partial charge in [0.05, 0.1) is 0 Å². The predicted octanol–water partition coefficient (Wildman–Crippen LogP) is 3.68. The summed E-state index contributed by atoms with van der Waals surface area (Å²) in [6.45, 7) is 3.18.